The Morgan fingerprint density at radius 1 is 1.21 bits per heavy atom. The molecule has 4 unspecified atom stereocenters. The fraction of sp³-hybridized carbons (Fsp3) is 0.810. The van der Waals surface area contributed by atoms with Crippen molar-refractivity contribution in [1.29, 1.82) is 0 Å². The molecule has 7 nitrogen and oxygen atoms in total. The number of carbonyl (C=O) groups excluding carboxylic acids is 1. The molecule has 1 heterocycles. The van der Waals surface area contributed by atoms with E-state index in [1.165, 1.54) is 0 Å². The van der Waals surface area contributed by atoms with E-state index in [1.807, 2.05) is 6.08 Å². The molecule has 7 heteroatoms. The smallest absolute Gasteiger partial charge is 0.174 e. The van der Waals surface area contributed by atoms with Crippen LogP contribution in [0.4, 0.5) is 0 Å². The highest BCUT2D eigenvalue weighted by molar-refractivity contribution is 5.84. The average molecular weight is 393 g/mol. The topological polar surface area (TPSA) is 112 Å². The summed E-state index contributed by atoms with van der Waals surface area (Å²) in [6, 6.07) is 0. The maximum absolute atomic E-state index is 12.3. The van der Waals surface area contributed by atoms with Crippen LogP contribution in [-0.2, 0) is 11.2 Å². The molecule has 1 saturated carbocycles. The second-order valence-electron chi connectivity index (χ2n) is 8.38. The van der Waals surface area contributed by atoms with E-state index in [4.69, 9.17) is 0 Å². The van der Waals surface area contributed by atoms with Crippen molar-refractivity contribution >= 4 is 5.78 Å². The maximum atomic E-state index is 12.3. The highest BCUT2D eigenvalue weighted by Crippen LogP contribution is 2.35. The number of aromatic amines is 1. The number of aliphatic hydroxyl groups is 2. The molecule has 4 atom stereocenters. The third-order valence-corrected chi connectivity index (χ3v) is 5.75. The molecule has 0 aliphatic heterocycles. The zero-order chi connectivity index (χ0) is 20.4. The summed E-state index contributed by atoms with van der Waals surface area (Å²) in [6.07, 6.45) is 12.9. The standard InChI is InChI=1S/C21H36N4O3/c1-3-4-9-13-21(2,28)14-12-17-16(18(26)15-19(17)27)10-7-5-6-8-11-20-22-24-25-23-20/h12,14,16-17,19,27-28H,3-11,13,15H2,1-2H3,(H,22,23,24,25). The Kier molecular flexibility index (Phi) is 9.25. The number of tetrazole rings is 1. The van der Waals surface area contributed by atoms with Gasteiger partial charge in [0, 0.05) is 24.7 Å². The lowest BCUT2D eigenvalue weighted by Gasteiger charge is -2.22. The molecule has 0 saturated heterocycles. The fourth-order valence-corrected chi connectivity index (χ4v) is 4.02. The molecule has 1 fully saturated rings. The number of hydrogen-bond donors (Lipinski definition) is 3. The molecule has 0 amide bonds. The van der Waals surface area contributed by atoms with Crippen LogP contribution in [0.25, 0.3) is 0 Å². The van der Waals surface area contributed by atoms with E-state index in [0.29, 0.717) is 6.42 Å². The van der Waals surface area contributed by atoms with Crippen molar-refractivity contribution in [2.45, 2.75) is 96.2 Å². The van der Waals surface area contributed by atoms with Crippen LogP contribution in [0.3, 0.4) is 0 Å². The van der Waals surface area contributed by atoms with E-state index < -0.39 is 11.7 Å². The maximum Gasteiger partial charge on any atom is 0.174 e. The van der Waals surface area contributed by atoms with E-state index in [-0.39, 0.29) is 24.0 Å². The quantitative estimate of drug-likeness (QED) is 0.351. The third kappa shape index (κ3) is 7.43. The van der Waals surface area contributed by atoms with Crippen LogP contribution in [0.5, 0.6) is 0 Å². The van der Waals surface area contributed by atoms with Gasteiger partial charge in [-0.15, -0.1) is 10.2 Å². The predicted molar refractivity (Wildman–Crippen MR) is 107 cm³/mol. The van der Waals surface area contributed by atoms with Crippen molar-refractivity contribution < 1.29 is 15.0 Å². The summed E-state index contributed by atoms with van der Waals surface area (Å²) in [5.74, 6) is 0.587. The van der Waals surface area contributed by atoms with E-state index in [1.54, 1.807) is 13.0 Å². The zero-order valence-corrected chi connectivity index (χ0v) is 17.3. The minimum Gasteiger partial charge on any atom is -0.392 e. The Hall–Kier alpha value is -1.60. The number of nitrogens with one attached hydrogen (secondary N) is 1. The Bertz CT molecular complexity index is 601. The number of nitrogens with zero attached hydrogens (tertiary/aromatic N) is 3. The van der Waals surface area contributed by atoms with Gasteiger partial charge in [-0.3, -0.25) is 4.79 Å². The van der Waals surface area contributed by atoms with Crippen molar-refractivity contribution in [3.63, 3.8) is 0 Å². The van der Waals surface area contributed by atoms with Crippen LogP contribution in [0, 0.1) is 11.8 Å². The van der Waals surface area contributed by atoms with Gasteiger partial charge in [-0.25, -0.2) is 0 Å². The first-order valence-electron chi connectivity index (χ1n) is 10.8. The molecule has 0 spiro atoms. The largest absolute Gasteiger partial charge is 0.392 e. The van der Waals surface area contributed by atoms with Gasteiger partial charge in [0.15, 0.2) is 5.82 Å². The number of hydrogen-bond acceptors (Lipinski definition) is 6. The lowest BCUT2D eigenvalue weighted by atomic mass is 9.87. The molecule has 1 aliphatic carbocycles. The van der Waals surface area contributed by atoms with E-state index >= 15 is 0 Å². The van der Waals surface area contributed by atoms with Crippen LogP contribution in [0.1, 0.15) is 83.9 Å². The summed E-state index contributed by atoms with van der Waals surface area (Å²) in [6.45, 7) is 3.95. The summed E-state index contributed by atoms with van der Waals surface area (Å²) < 4.78 is 0. The van der Waals surface area contributed by atoms with Crippen molar-refractivity contribution in [2.75, 3.05) is 0 Å². The lowest BCUT2D eigenvalue weighted by molar-refractivity contribution is -0.121. The number of Topliss-reactive ketones (excluding diaryl/α,β-unsaturated/α-hetero) is 1. The van der Waals surface area contributed by atoms with Gasteiger partial charge in [0.25, 0.3) is 0 Å². The second kappa shape index (κ2) is 11.4. The molecule has 1 aliphatic rings. The normalized spacial score (nSPS) is 24.9. The molecule has 158 valence electrons. The number of aryl methyl sites for hydroxylation is 1. The number of rotatable bonds is 13. The van der Waals surface area contributed by atoms with Crippen LogP contribution in [-0.4, -0.2) is 48.3 Å². The Balaban J connectivity index is 1.75. The van der Waals surface area contributed by atoms with Crippen LogP contribution in [0.15, 0.2) is 12.2 Å². The van der Waals surface area contributed by atoms with Gasteiger partial charge < -0.3 is 10.2 Å². The molecule has 0 aromatic carbocycles. The minimum atomic E-state index is -0.875. The van der Waals surface area contributed by atoms with Gasteiger partial charge in [0.1, 0.15) is 5.78 Å². The van der Waals surface area contributed by atoms with Gasteiger partial charge >= 0.3 is 0 Å². The number of ketones is 1. The molecule has 0 bridgehead atoms. The number of unbranched alkanes of at least 4 members (excludes halogenated alkanes) is 5. The van der Waals surface area contributed by atoms with E-state index in [2.05, 4.69) is 27.5 Å². The van der Waals surface area contributed by atoms with Gasteiger partial charge in [0.2, 0.25) is 0 Å². The first-order chi connectivity index (χ1) is 13.4. The van der Waals surface area contributed by atoms with Crippen molar-refractivity contribution in [3.05, 3.63) is 18.0 Å². The number of carbonyl (C=O) groups is 1. The average Bonchev–Trinajstić information content (AvgIpc) is 3.24. The SMILES string of the molecule is CCCCCC(C)(O)C=CC1C(O)CC(=O)C1CCCCCCc1nn[nH]n1. The van der Waals surface area contributed by atoms with Crippen molar-refractivity contribution in [1.82, 2.24) is 20.6 Å². The van der Waals surface area contributed by atoms with E-state index in [9.17, 15) is 15.0 Å². The fourth-order valence-electron chi connectivity index (χ4n) is 4.02. The van der Waals surface area contributed by atoms with Gasteiger partial charge in [-0.05, 0) is 26.2 Å². The van der Waals surface area contributed by atoms with Gasteiger partial charge in [-0.2, -0.15) is 5.21 Å². The van der Waals surface area contributed by atoms with Crippen LogP contribution in [0.2, 0.25) is 0 Å². The highest BCUT2D eigenvalue weighted by Gasteiger charge is 2.39. The molecule has 28 heavy (non-hydrogen) atoms. The summed E-state index contributed by atoms with van der Waals surface area (Å²) >= 11 is 0. The summed E-state index contributed by atoms with van der Waals surface area (Å²) in [5.41, 5.74) is -0.875. The molecule has 2 rings (SSSR count). The molecule has 0 radical (unpaired) electrons. The summed E-state index contributed by atoms with van der Waals surface area (Å²) in [7, 11) is 0. The van der Waals surface area contributed by atoms with Gasteiger partial charge in [0.05, 0.1) is 11.7 Å². The van der Waals surface area contributed by atoms with Crippen LogP contribution >= 0.6 is 0 Å². The summed E-state index contributed by atoms with van der Waals surface area (Å²) in [4.78, 5) is 12.3. The number of H-pyrrole nitrogens is 1. The zero-order valence-electron chi connectivity index (χ0n) is 17.3. The highest BCUT2D eigenvalue weighted by atomic mass is 16.3. The summed E-state index contributed by atoms with van der Waals surface area (Å²) in [5, 5.41) is 34.7. The second-order valence-corrected chi connectivity index (χ2v) is 8.38. The van der Waals surface area contributed by atoms with Crippen LogP contribution < -0.4 is 0 Å². The Morgan fingerprint density at radius 2 is 2.00 bits per heavy atom. The third-order valence-electron chi connectivity index (χ3n) is 5.75. The predicted octanol–water partition coefficient (Wildman–Crippen LogP) is 3.15. The first kappa shape index (κ1) is 22.7. The lowest BCUT2D eigenvalue weighted by Crippen LogP contribution is -2.23. The number of aliphatic hydroxyl groups excluding tert-OH is 1. The first-order valence-corrected chi connectivity index (χ1v) is 10.8. The Labute approximate surface area is 168 Å². The Morgan fingerprint density at radius 3 is 2.71 bits per heavy atom. The molecular formula is C21H36N4O3. The minimum absolute atomic E-state index is 0.130. The van der Waals surface area contributed by atoms with Crippen molar-refractivity contribution in [3.8, 4) is 0 Å². The van der Waals surface area contributed by atoms with E-state index in [0.717, 1.165) is 63.6 Å². The molecule has 1 aromatic heterocycles. The van der Waals surface area contributed by atoms with Crippen molar-refractivity contribution in [2.24, 2.45) is 11.8 Å². The molecule has 3 N–H and O–H groups in total. The molecular weight excluding hydrogens is 356 g/mol. The molecule has 1 aromatic rings. The monoisotopic (exact) mass is 392 g/mol. The number of aromatic nitrogens is 4. The van der Waals surface area contributed by atoms with Gasteiger partial charge in [-0.1, -0.05) is 62.8 Å².